The molecule has 0 radical (unpaired) electrons. The fourth-order valence-electron chi connectivity index (χ4n) is 1.45. The fraction of sp³-hybridized carbons (Fsp3) is 0.167. The Morgan fingerprint density at radius 1 is 1.50 bits per heavy atom. The zero-order chi connectivity index (χ0) is 11.4. The summed E-state index contributed by atoms with van der Waals surface area (Å²) in [6.07, 6.45) is 3.45. The Hall–Kier alpha value is -2.10. The molecule has 2 rings (SSSR count). The number of amides is 1. The van der Waals surface area contributed by atoms with E-state index in [0.29, 0.717) is 12.1 Å². The van der Waals surface area contributed by atoms with Gasteiger partial charge in [-0.1, -0.05) is 17.7 Å². The number of carbonyl (C=O) groups excluding carboxylic acids is 1. The molecule has 2 aromatic rings. The molecular weight excluding hydrogens is 202 g/mol. The standard InChI is InChI=1S/C12H13N3O/c1-9-3-2-4-11(5-9)12(16)13-6-10-7-14-15-8-10/h2-5,7-8H,6H2,1H3,(H,13,16)(H,14,15). The minimum absolute atomic E-state index is 0.0649. The number of hydrogen-bond donors (Lipinski definition) is 2. The maximum Gasteiger partial charge on any atom is 0.251 e. The van der Waals surface area contributed by atoms with E-state index < -0.39 is 0 Å². The number of aromatic nitrogens is 2. The van der Waals surface area contributed by atoms with E-state index in [9.17, 15) is 4.79 Å². The van der Waals surface area contributed by atoms with Crippen LogP contribution < -0.4 is 5.32 Å². The van der Waals surface area contributed by atoms with Crippen LogP contribution >= 0.6 is 0 Å². The molecule has 0 unspecified atom stereocenters. The van der Waals surface area contributed by atoms with Gasteiger partial charge in [-0.05, 0) is 19.1 Å². The van der Waals surface area contributed by atoms with Gasteiger partial charge in [0.25, 0.3) is 5.91 Å². The second-order valence-electron chi connectivity index (χ2n) is 3.66. The largest absolute Gasteiger partial charge is 0.348 e. The molecule has 16 heavy (non-hydrogen) atoms. The predicted octanol–water partition coefficient (Wildman–Crippen LogP) is 1.65. The molecule has 0 atom stereocenters. The molecule has 0 saturated heterocycles. The number of aromatic amines is 1. The molecule has 0 fully saturated rings. The van der Waals surface area contributed by atoms with Crippen molar-refractivity contribution in [3.8, 4) is 0 Å². The molecule has 0 saturated carbocycles. The summed E-state index contributed by atoms with van der Waals surface area (Å²) in [7, 11) is 0. The van der Waals surface area contributed by atoms with Crippen LogP contribution in [-0.4, -0.2) is 16.1 Å². The van der Waals surface area contributed by atoms with E-state index >= 15 is 0 Å². The number of rotatable bonds is 3. The van der Waals surface area contributed by atoms with Gasteiger partial charge in [0, 0.05) is 23.9 Å². The van der Waals surface area contributed by atoms with Crippen LogP contribution in [0.4, 0.5) is 0 Å². The van der Waals surface area contributed by atoms with E-state index in [1.807, 2.05) is 25.1 Å². The van der Waals surface area contributed by atoms with Crippen LogP contribution in [0, 0.1) is 6.92 Å². The lowest BCUT2D eigenvalue weighted by atomic mass is 10.1. The van der Waals surface area contributed by atoms with Crippen molar-refractivity contribution in [2.24, 2.45) is 0 Å². The van der Waals surface area contributed by atoms with Crippen molar-refractivity contribution in [3.63, 3.8) is 0 Å². The molecule has 0 aliphatic heterocycles. The van der Waals surface area contributed by atoms with Gasteiger partial charge in [-0.3, -0.25) is 9.89 Å². The summed E-state index contributed by atoms with van der Waals surface area (Å²) < 4.78 is 0. The van der Waals surface area contributed by atoms with Crippen LogP contribution in [0.15, 0.2) is 36.7 Å². The van der Waals surface area contributed by atoms with E-state index in [1.165, 1.54) is 0 Å². The summed E-state index contributed by atoms with van der Waals surface area (Å²) in [5, 5.41) is 9.34. The normalized spacial score (nSPS) is 10.1. The molecule has 4 heteroatoms. The van der Waals surface area contributed by atoms with Gasteiger partial charge < -0.3 is 5.32 Å². The molecule has 0 aliphatic carbocycles. The highest BCUT2D eigenvalue weighted by Gasteiger charge is 2.04. The Morgan fingerprint density at radius 2 is 2.38 bits per heavy atom. The molecule has 82 valence electrons. The number of nitrogens with one attached hydrogen (secondary N) is 2. The summed E-state index contributed by atoms with van der Waals surface area (Å²) in [6, 6.07) is 7.51. The zero-order valence-corrected chi connectivity index (χ0v) is 9.03. The lowest BCUT2D eigenvalue weighted by molar-refractivity contribution is 0.0951. The Kier molecular flexibility index (Phi) is 3.00. The van der Waals surface area contributed by atoms with Crippen molar-refractivity contribution in [1.29, 1.82) is 0 Å². The van der Waals surface area contributed by atoms with E-state index in [1.54, 1.807) is 18.5 Å². The topological polar surface area (TPSA) is 57.8 Å². The second-order valence-corrected chi connectivity index (χ2v) is 3.66. The van der Waals surface area contributed by atoms with E-state index in [2.05, 4.69) is 15.5 Å². The summed E-state index contributed by atoms with van der Waals surface area (Å²) in [5.41, 5.74) is 2.72. The Balaban J connectivity index is 1.98. The van der Waals surface area contributed by atoms with Gasteiger partial charge in [0.2, 0.25) is 0 Å². The second kappa shape index (κ2) is 4.61. The van der Waals surface area contributed by atoms with Crippen LogP contribution in [0.1, 0.15) is 21.5 Å². The highest BCUT2D eigenvalue weighted by molar-refractivity contribution is 5.94. The van der Waals surface area contributed by atoms with Crippen molar-refractivity contribution in [2.45, 2.75) is 13.5 Å². The Bertz CT molecular complexity index is 477. The van der Waals surface area contributed by atoms with Crippen molar-refractivity contribution >= 4 is 5.91 Å². The summed E-state index contributed by atoms with van der Waals surface area (Å²) >= 11 is 0. The lowest BCUT2D eigenvalue weighted by Gasteiger charge is -2.04. The van der Waals surface area contributed by atoms with Crippen molar-refractivity contribution < 1.29 is 4.79 Å². The third-order valence-corrected chi connectivity index (χ3v) is 2.29. The molecule has 0 aliphatic rings. The number of nitrogens with zero attached hydrogens (tertiary/aromatic N) is 1. The maximum absolute atomic E-state index is 11.8. The third kappa shape index (κ3) is 2.48. The zero-order valence-electron chi connectivity index (χ0n) is 9.03. The molecule has 2 N–H and O–H groups in total. The minimum Gasteiger partial charge on any atom is -0.348 e. The smallest absolute Gasteiger partial charge is 0.251 e. The number of carbonyl (C=O) groups is 1. The van der Waals surface area contributed by atoms with Gasteiger partial charge in [-0.15, -0.1) is 0 Å². The predicted molar refractivity (Wildman–Crippen MR) is 60.9 cm³/mol. The monoisotopic (exact) mass is 215 g/mol. The molecular formula is C12H13N3O. The first-order valence-electron chi connectivity index (χ1n) is 5.08. The lowest BCUT2D eigenvalue weighted by Crippen LogP contribution is -2.22. The molecule has 1 aromatic heterocycles. The van der Waals surface area contributed by atoms with E-state index in [-0.39, 0.29) is 5.91 Å². The molecule has 1 amide bonds. The fourth-order valence-corrected chi connectivity index (χ4v) is 1.45. The minimum atomic E-state index is -0.0649. The van der Waals surface area contributed by atoms with Crippen molar-refractivity contribution in [3.05, 3.63) is 53.3 Å². The van der Waals surface area contributed by atoms with Gasteiger partial charge in [-0.25, -0.2) is 0 Å². The number of hydrogen-bond acceptors (Lipinski definition) is 2. The van der Waals surface area contributed by atoms with Crippen LogP contribution in [0.2, 0.25) is 0 Å². The quantitative estimate of drug-likeness (QED) is 0.817. The highest BCUT2D eigenvalue weighted by Crippen LogP contribution is 2.04. The van der Waals surface area contributed by atoms with Gasteiger partial charge in [0.05, 0.1) is 6.20 Å². The molecule has 4 nitrogen and oxygen atoms in total. The highest BCUT2D eigenvalue weighted by atomic mass is 16.1. The number of H-pyrrole nitrogens is 1. The van der Waals surface area contributed by atoms with E-state index in [0.717, 1.165) is 11.1 Å². The van der Waals surface area contributed by atoms with Gasteiger partial charge in [-0.2, -0.15) is 5.10 Å². The van der Waals surface area contributed by atoms with Gasteiger partial charge >= 0.3 is 0 Å². The van der Waals surface area contributed by atoms with Gasteiger partial charge in [0.1, 0.15) is 0 Å². The average Bonchev–Trinajstić information content (AvgIpc) is 2.78. The van der Waals surface area contributed by atoms with Crippen LogP contribution in [0.25, 0.3) is 0 Å². The SMILES string of the molecule is Cc1cccc(C(=O)NCc2cn[nH]c2)c1. The average molecular weight is 215 g/mol. The van der Waals surface area contributed by atoms with Crippen LogP contribution in [0.5, 0.6) is 0 Å². The summed E-state index contributed by atoms with van der Waals surface area (Å²) in [5.74, 6) is -0.0649. The van der Waals surface area contributed by atoms with Crippen molar-refractivity contribution in [1.82, 2.24) is 15.5 Å². The Labute approximate surface area is 93.7 Å². The Morgan fingerprint density at radius 3 is 3.06 bits per heavy atom. The number of aryl methyl sites for hydroxylation is 1. The first-order valence-corrected chi connectivity index (χ1v) is 5.08. The summed E-state index contributed by atoms with van der Waals surface area (Å²) in [6.45, 7) is 2.45. The van der Waals surface area contributed by atoms with Crippen molar-refractivity contribution in [2.75, 3.05) is 0 Å². The molecule has 1 aromatic carbocycles. The summed E-state index contributed by atoms with van der Waals surface area (Å²) in [4.78, 5) is 11.8. The van der Waals surface area contributed by atoms with E-state index in [4.69, 9.17) is 0 Å². The van der Waals surface area contributed by atoms with Crippen LogP contribution in [0.3, 0.4) is 0 Å². The first-order chi connectivity index (χ1) is 7.75. The first kappa shape index (κ1) is 10.4. The maximum atomic E-state index is 11.8. The molecule has 0 spiro atoms. The molecule has 1 heterocycles. The third-order valence-electron chi connectivity index (χ3n) is 2.29. The van der Waals surface area contributed by atoms with Crippen LogP contribution in [-0.2, 0) is 6.54 Å². The number of benzene rings is 1. The molecule has 0 bridgehead atoms. The van der Waals surface area contributed by atoms with Gasteiger partial charge in [0.15, 0.2) is 0 Å².